The molecule has 1 atom stereocenters. The van der Waals surface area contributed by atoms with Crippen molar-refractivity contribution in [3.05, 3.63) is 12.2 Å². The smallest absolute Gasteiger partial charge is 0.303 e. The minimum absolute atomic E-state index is 0.0415. The van der Waals surface area contributed by atoms with Gasteiger partial charge in [-0.15, -0.1) is 0 Å². The lowest BCUT2D eigenvalue weighted by Crippen LogP contribution is -2.19. The highest BCUT2D eigenvalue weighted by molar-refractivity contribution is 5.66. The molecule has 1 unspecified atom stereocenters. The van der Waals surface area contributed by atoms with Crippen LogP contribution in [0.2, 0.25) is 0 Å². The van der Waals surface area contributed by atoms with Crippen LogP contribution in [0.3, 0.4) is 0 Å². The van der Waals surface area contributed by atoms with E-state index in [2.05, 4.69) is 11.9 Å². The Labute approximate surface area is 103 Å². The van der Waals surface area contributed by atoms with E-state index in [0.717, 1.165) is 50.6 Å². The standard InChI is InChI=1S/C13H23NO3/c1-11(8-12(2)10-15)9-14-7-5-3-4-6-13(16)17/h10,12,14H,1,3-9H2,2H3,(H,16,17). The fourth-order valence-corrected chi connectivity index (χ4v) is 1.54. The molecule has 0 aromatic carbocycles. The Kier molecular flexibility index (Phi) is 9.34. The van der Waals surface area contributed by atoms with Crippen molar-refractivity contribution < 1.29 is 14.7 Å². The molecule has 4 heteroatoms. The van der Waals surface area contributed by atoms with Gasteiger partial charge in [0.1, 0.15) is 6.29 Å². The molecule has 0 saturated carbocycles. The summed E-state index contributed by atoms with van der Waals surface area (Å²) in [7, 11) is 0. The molecule has 0 radical (unpaired) electrons. The zero-order chi connectivity index (χ0) is 13.1. The summed E-state index contributed by atoms with van der Waals surface area (Å²) in [4.78, 5) is 20.7. The number of carbonyl (C=O) groups is 2. The van der Waals surface area contributed by atoms with Gasteiger partial charge in [-0.3, -0.25) is 4.79 Å². The second-order valence-corrected chi connectivity index (χ2v) is 4.45. The first-order valence-electron chi connectivity index (χ1n) is 6.10. The van der Waals surface area contributed by atoms with Crippen LogP contribution in [0.25, 0.3) is 0 Å². The maximum atomic E-state index is 10.4. The SMILES string of the molecule is C=C(CNCCCCCC(=O)O)CC(C)C=O. The van der Waals surface area contributed by atoms with E-state index < -0.39 is 5.97 Å². The Morgan fingerprint density at radius 3 is 2.71 bits per heavy atom. The van der Waals surface area contributed by atoms with Gasteiger partial charge in [0.05, 0.1) is 0 Å². The molecule has 0 aromatic rings. The Balaban J connectivity index is 3.30. The molecule has 0 aliphatic heterocycles. The molecular formula is C13H23NO3. The second-order valence-electron chi connectivity index (χ2n) is 4.45. The minimum Gasteiger partial charge on any atom is -0.481 e. The highest BCUT2D eigenvalue weighted by atomic mass is 16.4. The predicted octanol–water partition coefficient (Wildman–Crippen LogP) is 2.00. The number of unbranched alkanes of at least 4 members (excludes halogenated alkanes) is 2. The van der Waals surface area contributed by atoms with Crippen molar-refractivity contribution in [2.24, 2.45) is 5.92 Å². The van der Waals surface area contributed by atoms with Crippen molar-refractivity contribution in [3.8, 4) is 0 Å². The summed E-state index contributed by atoms with van der Waals surface area (Å²) in [6.07, 6.45) is 4.57. The number of carbonyl (C=O) groups excluding carboxylic acids is 1. The lowest BCUT2D eigenvalue weighted by molar-refractivity contribution is -0.137. The first-order valence-corrected chi connectivity index (χ1v) is 6.10. The number of carboxylic acid groups (broad SMARTS) is 1. The number of aliphatic carboxylic acids is 1. The Bertz CT molecular complexity index is 251. The predicted molar refractivity (Wildman–Crippen MR) is 68.0 cm³/mol. The molecule has 0 aromatic heterocycles. The Morgan fingerprint density at radius 2 is 2.12 bits per heavy atom. The van der Waals surface area contributed by atoms with E-state index in [4.69, 9.17) is 5.11 Å². The monoisotopic (exact) mass is 241 g/mol. The van der Waals surface area contributed by atoms with Crippen LogP contribution in [-0.4, -0.2) is 30.5 Å². The van der Waals surface area contributed by atoms with E-state index in [1.165, 1.54) is 0 Å². The van der Waals surface area contributed by atoms with Gasteiger partial charge in [0, 0.05) is 18.9 Å². The zero-order valence-corrected chi connectivity index (χ0v) is 10.6. The number of hydrogen-bond acceptors (Lipinski definition) is 3. The molecule has 4 nitrogen and oxygen atoms in total. The van der Waals surface area contributed by atoms with E-state index in [0.29, 0.717) is 0 Å². The van der Waals surface area contributed by atoms with Crippen molar-refractivity contribution >= 4 is 12.3 Å². The average Bonchev–Trinajstić information content (AvgIpc) is 2.27. The summed E-state index contributed by atoms with van der Waals surface area (Å²) in [6, 6.07) is 0. The summed E-state index contributed by atoms with van der Waals surface area (Å²) < 4.78 is 0. The molecule has 0 bridgehead atoms. The van der Waals surface area contributed by atoms with Crippen LogP contribution in [-0.2, 0) is 9.59 Å². The average molecular weight is 241 g/mol. The van der Waals surface area contributed by atoms with Crippen molar-refractivity contribution in [2.75, 3.05) is 13.1 Å². The van der Waals surface area contributed by atoms with E-state index in [1.54, 1.807) is 0 Å². The van der Waals surface area contributed by atoms with Gasteiger partial charge < -0.3 is 15.2 Å². The number of rotatable bonds is 11. The van der Waals surface area contributed by atoms with Gasteiger partial charge in [-0.25, -0.2) is 0 Å². The first kappa shape index (κ1) is 15.8. The number of aldehydes is 1. The zero-order valence-electron chi connectivity index (χ0n) is 10.6. The van der Waals surface area contributed by atoms with Gasteiger partial charge in [0.15, 0.2) is 0 Å². The summed E-state index contributed by atoms with van der Waals surface area (Å²) in [5.74, 6) is -0.686. The normalized spacial score (nSPS) is 12.1. The molecule has 0 aliphatic rings. The van der Waals surface area contributed by atoms with Crippen molar-refractivity contribution in [3.63, 3.8) is 0 Å². The van der Waals surface area contributed by atoms with E-state index >= 15 is 0 Å². The number of nitrogens with one attached hydrogen (secondary N) is 1. The summed E-state index contributed by atoms with van der Waals surface area (Å²) in [6.45, 7) is 7.38. The molecule has 2 N–H and O–H groups in total. The quantitative estimate of drug-likeness (QED) is 0.330. The van der Waals surface area contributed by atoms with Crippen LogP contribution in [0.1, 0.15) is 39.0 Å². The van der Waals surface area contributed by atoms with Gasteiger partial charge in [0.25, 0.3) is 0 Å². The molecule has 0 rings (SSSR count). The second kappa shape index (κ2) is 10.0. The summed E-state index contributed by atoms with van der Waals surface area (Å²) >= 11 is 0. The maximum Gasteiger partial charge on any atom is 0.303 e. The lowest BCUT2D eigenvalue weighted by atomic mass is 10.0. The van der Waals surface area contributed by atoms with E-state index in [-0.39, 0.29) is 12.3 Å². The maximum absolute atomic E-state index is 10.4. The highest BCUT2D eigenvalue weighted by Crippen LogP contribution is 2.06. The van der Waals surface area contributed by atoms with Crippen LogP contribution < -0.4 is 5.32 Å². The largest absolute Gasteiger partial charge is 0.481 e. The molecule has 0 spiro atoms. The van der Waals surface area contributed by atoms with Crippen LogP contribution in [0.4, 0.5) is 0 Å². The molecule has 0 aliphatic carbocycles. The topological polar surface area (TPSA) is 66.4 Å². The Hall–Kier alpha value is -1.16. The van der Waals surface area contributed by atoms with Gasteiger partial charge in [-0.1, -0.05) is 25.5 Å². The third-order valence-electron chi connectivity index (χ3n) is 2.46. The molecule has 0 saturated heterocycles. The number of hydrogen-bond donors (Lipinski definition) is 2. The molecule has 0 heterocycles. The third kappa shape index (κ3) is 11.1. The van der Waals surface area contributed by atoms with Gasteiger partial charge >= 0.3 is 5.97 Å². The molecular weight excluding hydrogens is 218 g/mol. The molecule has 0 fully saturated rings. The lowest BCUT2D eigenvalue weighted by Gasteiger charge is -2.09. The van der Waals surface area contributed by atoms with Crippen LogP contribution in [0.15, 0.2) is 12.2 Å². The number of carboxylic acids is 1. The van der Waals surface area contributed by atoms with Gasteiger partial charge in [-0.05, 0) is 25.8 Å². The van der Waals surface area contributed by atoms with Crippen molar-refractivity contribution in [2.45, 2.75) is 39.0 Å². The van der Waals surface area contributed by atoms with Crippen LogP contribution in [0, 0.1) is 5.92 Å². The Morgan fingerprint density at radius 1 is 1.41 bits per heavy atom. The highest BCUT2D eigenvalue weighted by Gasteiger charge is 2.02. The van der Waals surface area contributed by atoms with Crippen LogP contribution >= 0.6 is 0 Å². The fraction of sp³-hybridized carbons (Fsp3) is 0.692. The summed E-state index contributed by atoms with van der Waals surface area (Å²) in [5.41, 5.74) is 1.04. The molecule has 0 amide bonds. The third-order valence-corrected chi connectivity index (χ3v) is 2.46. The first-order chi connectivity index (χ1) is 8.06. The minimum atomic E-state index is -0.728. The van der Waals surface area contributed by atoms with E-state index in [9.17, 15) is 9.59 Å². The fourth-order valence-electron chi connectivity index (χ4n) is 1.54. The van der Waals surface area contributed by atoms with Crippen molar-refractivity contribution in [1.82, 2.24) is 5.32 Å². The molecule has 98 valence electrons. The van der Waals surface area contributed by atoms with Gasteiger partial charge in [-0.2, -0.15) is 0 Å². The van der Waals surface area contributed by atoms with Gasteiger partial charge in [0.2, 0.25) is 0 Å². The van der Waals surface area contributed by atoms with Crippen molar-refractivity contribution in [1.29, 1.82) is 0 Å². The summed E-state index contributed by atoms with van der Waals surface area (Å²) in [5, 5.41) is 11.7. The van der Waals surface area contributed by atoms with E-state index in [1.807, 2.05) is 6.92 Å². The van der Waals surface area contributed by atoms with Crippen LogP contribution in [0.5, 0.6) is 0 Å². The molecule has 17 heavy (non-hydrogen) atoms.